The van der Waals surface area contributed by atoms with Crippen LogP contribution in [0.25, 0.3) is 0 Å². The first-order valence-corrected chi connectivity index (χ1v) is 12.3. The molecule has 2 aliphatic rings. The average molecular weight is 465 g/mol. The Morgan fingerprint density at radius 1 is 1.00 bits per heavy atom. The maximum Gasteiger partial charge on any atom is 0.264 e. The zero-order valence-electron chi connectivity index (χ0n) is 17.9. The second kappa shape index (κ2) is 8.78. The lowest BCUT2D eigenvalue weighted by Crippen LogP contribution is -2.40. The number of carbonyl (C=O) groups excluding carboxylic acids is 1. The molecule has 0 aromatic heterocycles. The number of carbonyl (C=O) groups is 1. The summed E-state index contributed by atoms with van der Waals surface area (Å²) < 4.78 is 39.8. The third kappa shape index (κ3) is 4.26. The summed E-state index contributed by atoms with van der Waals surface area (Å²) in [4.78, 5) is 12.9. The number of nitrogens with zero attached hydrogens (tertiary/aromatic N) is 1. The van der Waals surface area contributed by atoms with Crippen molar-refractivity contribution in [3.05, 3.63) is 83.9 Å². The maximum atomic E-state index is 13.4. The standard InChI is InChI=1S/C25H24N2O5S/c28-25(26-16-20-17-31-23-12-3-4-13-24(23)32-20)19-8-5-10-21(15-19)33(29,30)27-14-6-9-18-7-1-2-11-22(18)27/h1-5,7-8,10-13,15,20H,6,9,14,16-17H2,(H,26,28)/t20-/m1/s1. The van der Waals surface area contributed by atoms with Crippen LogP contribution in [0.4, 0.5) is 5.69 Å². The summed E-state index contributed by atoms with van der Waals surface area (Å²) in [6, 6.07) is 21.1. The van der Waals surface area contributed by atoms with Gasteiger partial charge in [-0.2, -0.15) is 0 Å². The van der Waals surface area contributed by atoms with Crippen molar-refractivity contribution in [2.45, 2.75) is 23.8 Å². The van der Waals surface area contributed by atoms with Gasteiger partial charge in [0.2, 0.25) is 0 Å². The number of nitrogens with one attached hydrogen (secondary N) is 1. The van der Waals surface area contributed by atoms with Crippen molar-refractivity contribution >= 4 is 21.6 Å². The molecule has 0 aliphatic carbocycles. The highest BCUT2D eigenvalue weighted by molar-refractivity contribution is 7.92. The Kier molecular flexibility index (Phi) is 5.68. The highest BCUT2D eigenvalue weighted by Gasteiger charge is 2.29. The minimum absolute atomic E-state index is 0.0954. The van der Waals surface area contributed by atoms with E-state index >= 15 is 0 Å². The van der Waals surface area contributed by atoms with Crippen molar-refractivity contribution in [1.29, 1.82) is 0 Å². The van der Waals surface area contributed by atoms with Crippen molar-refractivity contribution in [1.82, 2.24) is 5.32 Å². The van der Waals surface area contributed by atoms with Gasteiger partial charge in [-0.1, -0.05) is 36.4 Å². The smallest absolute Gasteiger partial charge is 0.264 e. The molecule has 2 heterocycles. The maximum absolute atomic E-state index is 13.4. The average Bonchev–Trinajstić information content (AvgIpc) is 2.86. The number of rotatable bonds is 5. The molecule has 170 valence electrons. The van der Waals surface area contributed by atoms with E-state index in [1.54, 1.807) is 12.1 Å². The zero-order chi connectivity index (χ0) is 22.8. The van der Waals surface area contributed by atoms with Crippen LogP contribution in [0.15, 0.2) is 77.7 Å². The fraction of sp³-hybridized carbons (Fsp3) is 0.240. The Morgan fingerprint density at radius 3 is 2.67 bits per heavy atom. The molecule has 0 saturated heterocycles. The Morgan fingerprint density at radius 2 is 1.79 bits per heavy atom. The minimum atomic E-state index is -3.79. The van der Waals surface area contributed by atoms with E-state index in [2.05, 4.69) is 5.32 Å². The van der Waals surface area contributed by atoms with Crippen molar-refractivity contribution in [2.75, 3.05) is 24.0 Å². The van der Waals surface area contributed by atoms with E-state index in [0.717, 1.165) is 18.4 Å². The molecule has 3 aromatic carbocycles. The van der Waals surface area contributed by atoms with Gasteiger partial charge in [0.05, 0.1) is 17.1 Å². The number of ether oxygens (including phenoxy) is 2. The molecule has 0 saturated carbocycles. The van der Waals surface area contributed by atoms with Gasteiger partial charge in [0.1, 0.15) is 12.7 Å². The molecule has 1 atom stereocenters. The topological polar surface area (TPSA) is 84.9 Å². The molecular weight excluding hydrogens is 440 g/mol. The van der Waals surface area contributed by atoms with Gasteiger partial charge < -0.3 is 14.8 Å². The van der Waals surface area contributed by atoms with Crippen molar-refractivity contribution in [3.8, 4) is 11.5 Å². The molecular formula is C25H24N2O5S. The quantitative estimate of drug-likeness (QED) is 0.626. The molecule has 0 radical (unpaired) electrons. The number of aryl methyl sites for hydroxylation is 1. The number of fused-ring (bicyclic) bond motifs is 2. The van der Waals surface area contributed by atoms with Crippen molar-refractivity contribution < 1.29 is 22.7 Å². The van der Waals surface area contributed by atoms with Crippen molar-refractivity contribution in [3.63, 3.8) is 0 Å². The largest absolute Gasteiger partial charge is 0.486 e. The fourth-order valence-electron chi connectivity index (χ4n) is 4.15. The highest BCUT2D eigenvalue weighted by atomic mass is 32.2. The lowest BCUT2D eigenvalue weighted by Gasteiger charge is -2.30. The van der Waals surface area contributed by atoms with Gasteiger partial charge in [-0.25, -0.2) is 8.42 Å². The van der Waals surface area contributed by atoms with E-state index in [1.165, 1.54) is 16.4 Å². The van der Waals surface area contributed by atoms with E-state index in [9.17, 15) is 13.2 Å². The number of para-hydroxylation sites is 3. The molecule has 1 N–H and O–H groups in total. The molecule has 3 aromatic rings. The Labute approximate surface area is 193 Å². The summed E-state index contributed by atoms with van der Waals surface area (Å²) >= 11 is 0. The number of amides is 1. The summed E-state index contributed by atoms with van der Waals surface area (Å²) in [5.41, 5.74) is 1.99. The molecule has 2 aliphatic heterocycles. The van der Waals surface area contributed by atoms with Crippen LogP contribution < -0.4 is 19.1 Å². The third-order valence-corrected chi connectivity index (χ3v) is 7.62. The van der Waals surface area contributed by atoms with Crippen LogP contribution >= 0.6 is 0 Å². The first-order chi connectivity index (χ1) is 16.0. The summed E-state index contributed by atoms with van der Waals surface area (Å²) in [6.07, 6.45) is 1.27. The van der Waals surface area contributed by atoms with Crippen LogP contribution in [-0.4, -0.2) is 40.1 Å². The molecule has 33 heavy (non-hydrogen) atoms. The van der Waals surface area contributed by atoms with E-state index in [-0.39, 0.29) is 29.0 Å². The molecule has 5 rings (SSSR count). The minimum Gasteiger partial charge on any atom is -0.486 e. The molecule has 0 bridgehead atoms. The third-order valence-electron chi connectivity index (χ3n) is 5.81. The highest BCUT2D eigenvalue weighted by Crippen LogP contribution is 2.32. The first-order valence-electron chi connectivity index (χ1n) is 10.9. The Bertz CT molecular complexity index is 1290. The molecule has 0 unspecified atom stereocenters. The van der Waals surface area contributed by atoms with Crippen LogP contribution in [0.5, 0.6) is 11.5 Å². The summed E-state index contributed by atoms with van der Waals surface area (Å²) in [7, 11) is -3.79. The molecule has 7 nitrogen and oxygen atoms in total. The van der Waals surface area contributed by atoms with Crippen LogP contribution in [-0.2, 0) is 16.4 Å². The van der Waals surface area contributed by atoms with Gasteiger partial charge in [0.25, 0.3) is 15.9 Å². The summed E-state index contributed by atoms with van der Waals surface area (Å²) in [5.74, 6) is 0.948. The number of sulfonamides is 1. The van der Waals surface area contributed by atoms with Crippen LogP contribution in [0.3, 0.4) is 0 Å². The van der Waals surface area contributed by atoms with E-state index < -0.39 is 10.0 Å². The van der Waals surface area contributed by atoms with Gasteiger partial charge in [0, 0.05) is 12.1 Å². The van der Waals surface area contributed by atoms with Gasteiger partial charge in [-0.15, -0.1) is 0 Å². The number of benzene rings is 3. The van der Waals surface area contributed by atoms with E-state index in [4.69, 9.17) is 9.47 Å². The Hall–Kier alpha value is -3.52. The monoisotopic (exact) mass is 464 g/mol. The SMILES string of the molecule is O=C(NC[C@@H]1COc2ccccc2O1)c1cccc(S(=O)(=O)N2CCCc3ccccc32)c1. The fourth-order valence-corrected chi connectivity index (χ4v) is 5.73. The molecule has 1 amide bonds. The molecule has 8 heteroatoms. The predicted molar refractivity (Wildman–Crippen MR) is 124 cm³/mol. The second-order valence-electron chi connectivity index (χ2n) is 8.04. The summed E-state index contributed by atoms with van der Waals surface area (Å²) in [6.45, 7) is 0.972. The van der Waals surface area contributed by atoms with E-state index in [1.807, 2.05) is 48.5 Å². The van der Waals surface area contributed by atoms with Crippen molar-refractivity contribution in [2.24, 2.45) is 0 Å². The first kappa shape index (κ1) is 21.3. The normalized spacial score (nSPS) is 17.2. The lowest BCUT2D eigenvalue weighted by atomic mass is 10.0. The predicted octanol–water partition coefficient (Wildman–Crippen LogP) is 3.40. The number of anilines is 1. The van der Waals surface area contributed by atoms with Gasteiger partial charge in [-0.3, -0.25) is 9.10 Å². The van der Waals surface area contributed by atoms with Crippen LogP contribution in [0.2, 0.25) is 0 Å². The Balaban J connectivity index is 1.30. The number of hydrogen-bond donors (Lipinski definition) is 1. The van der Waals surface area contributed by atoms with Crippen LogP contribution in [0.1, 0.15) is 22.3 Å². The lowest BCUT2D eigenvalue weighted by molar-refractivity contribution is 0.0789. The molecule has 0 spiro atoms. The van der Waals surface area contributed by atoms with Gasteiger partial charge in [-0.05, 0) is 54.8 Å². The van der Waals surface area contributed by atoms with E-state index in [0.29, 0.717) is 30.3 Å². The van der Waals surface area contributed by atoms with Crippen LogP contribution in [0, 0.1) is 0 Å². The van der Waals surface area contributed by atoms with Gasteiger partial charge in [0.15, 0.2) is 11.5 Å². The molecule has 0 fully saturated rings. The number of hydrogen-bond acceptors (Lipinski definition) is 5. The zero-order valence-corrected chi connectivity index (χ0v) is 18.8. The summed E-state index contributed by atoms with van der Waals surface area (Å²) in [5, 5.41) is 2.82. The van der Waals surface area contributed by atoms with Gasteiger partial charge >= 0.3 is 0 Å². The second-order valence-corrected chi connectivity index (χ2v) is 9.91.